The zero-order valence-corrected chi connectivity index (χ0v) is 15.0. The summed E-state index contributed by atoms with van der Waals surface area (Å²) in [7, 11) is -3.52. The van der Waals surface area contributed by atoms with E-state index in [4.69, 9.17) is 9.47 Å². The zero-order chi connectivity index (χ0) is 17.4. The highest BCUT2D eigenvalue weighted by Gasteiger charge is 2.34. The quantitative estimate of drug-likeness (QED) is 0.826. The predicted molar refractivity (Wildman–Crippen MR) is 94.5 cm³/mol. The van der Waals surface area contributed by atoms with Gasteiger partial charge in [-0.3, -0.25) is 0 Å². The van der Waals surface area contributed by atoms with E-state index in [2.05, 4.69) is 0 Å². The van der Waals surface area contributed by atoms with E-state index < -0.39 is 10.0 Å². The molecule has 1 unspecified atom stereocenters. The molecule has 0 aromatic heterocycles. The molecule has 2 aromatic rings. The Balaban J connectivity index is 1.72. The largest absolute Gasteiger partial charge is 0.490 e. The van der Waals surface area contributed by atoms with Crippen molar-refractivity contribution in [3.63, 3.8) is 0 Å². The van der Waals surface area contributed by atoms with Gasteiger partial charge in [-0.1, -0.05) is 18.2 Å². The molecule has 0 amide bonds. The molecule has 0 N–H and O–H groups in total. The third-order valence-electron chi connectivity index (χ3n) is 4.84. The van der Waals surface area contributed by atoms with Crippen molar-refractivity contribution >= 4 is 10.0 Å². The molecule has 4 rings (SSSR count). The van der Waals surface area contributed by atoms with E-state index in [-0.39, 0.29) is 6.04 Å². The highest BCUT2D eigenvalue weighted by atomic mass is 32.2. The van der Waals surface area contributed by atoms with Gasteiger partial charge in [0.15, 0.2) is 11.5 Å². The molecule has 2 aliphatic rings. The Morgan fingerprint density at radius 3 is 2.44 bits per heavy atom. The molecule has 2 aliphatic heterocycles. The van der Waals surface area contributed by atoms with Crippen LogP contribution < -0.4 is 9.47 Å². The second-order valence-corrected chi connectivity index (χ2v) is 8.29. The number of ether oxygens (including phenoxy) is 2. The number of hydrogen-bond donors (Lipinski definition) is 0. The van der Waals surface area contributed by atoms with Crippen molar-refractivity contribution in [2.45, 2.75) is 30.7 Å². The minimum absolute atomic E-state index is 0.244. The Kier molecular flexibility index (Phi) is 4.17. The van der Waals surface area contributed by atoms with E-state index in [0.29, 0.717) is 36.8 Å². The second-order valence-electron chi connectivity index (χ2n) is 6.40. The summed E-state index contributed by atoms with van der Waals surface area (Å²) in [4.78, 5) is 0.333. The Morgan fingerprint density at radius 1 is 1.04 bits per heavy atom. The van der Waals surface area contributed by atoms with Gasteiger partial charge in [-0.25, -0.2) is 8.42 Å². The first-order valence-electron chi connectivity index (χ1n) is 8.57. The summed E-state index contributed by atoms with van der Waals surface area (Å²) >= 11 is 0. The first-order chi connectivity index (χ1) is 12.1. The van der Waals surface area contributed by atoms with Crippen LogP contribution in [0.5, 0.6) is 11.5 Å². The maximum Gasteiger partial charge on any atom is 0.243 e. The van der Waals surface area contributed by atoms with E-state index in [9.17, 15) is 8.42 Å². The Labute approximate surface area is 148 Å². The van der Waals surface area contributed by atoms with Crippen LogP contribution in [-0.4, -0.2) is 32.5 Å². The van der Waals surface area contributed by atoms with Crippen LogP contribution in [0.1, 0.15) is 30.5 Å². The summed E-state index contributed by atoms with van der Waals surface area (Å²) in [6.45, 7) is 3.66. The van der Waals surface area contributed by atoms with Gasteiger partial charge in [0.25, 0.3) is 0 Å². The molecule has 2 aromatic carbocycles. The van der Waals surface area contributed by atoms with Gasteiger partial charge in [-0.2, -0.15) is 4.31 Å². The molecule has 0 saturated carbocycles. The fourth-order valence-electron chi connectivity index (χ4n) is 3.51. The van der Waals surface area contributed by atoms with E-state index in [1.165, 1.54) is 0 Å². The fraction of sp³-hybridized carbons (Fsp3) is 0.368. The number of nitrogens with zero attached hydrogens (tertiary/aromatic N) is 1. The van der Waals surface area contributed by atoms with Crippen LogP contribution in [0, 0.1) is 0 Å². The topological polar surface area (TPSA) is 55.8 Å². The average molecular weight is 359 g/mol. The van der Waals surface area contributed by atoms with Gasteiger partial charge in [0.2, 0.25) is 10.0 Å². The molecule has 0 spiro atoms. The number of rotatable bonds is 2. The molecule has 0 aliphatic carbocycles. The molecular weight excluding hydrogens is 338 g/mol. The van der Waals surface area contributed by atoms with Gasteiger partial charge < -0.3 is 9.47 Å². The molecule has 132 valence electrons. The maximum atomic E-state index is 13.0. The summed E-state index contributed by atoms with van der Waals surface area (Å²) in [5, 5.41) is 0. The minimum atomic E-state index is -3.52. The van der Waals surface area contributed by atoms with Gasteiger partial charge in [0.1, 0.15) is 0 Å². The molecule has 25 heavy (non-hydrogen) atoms. The predicted octanol–water partition coefficient (Wildman–Crippen LogP) is 3.16. The Bertz CT molecular complexity index is 880. The van der Waals surface area contributed by atoms with E-state index in [1.807, 2.05) is 25.1 Å². The standard InChI is InChI=1S/C19H21NO4S/c1-14-17-13-19-18(23-10-5-11-24-19)12-15(17)8-9-20(14)25(21,22)16-6-3-2-4-7-16/h2-4,6-7,12-14H,5,8-11H2,1H3. The molecule has 6 heteroatoms. The number of hydrogen-bond acceptors (Lipinski definition) is 4. The van der Waals surface area contributed by atoms with Crippen LogP contribution in [0.4, 0.5) is 0 Å². The van der Waals surface area contributed by atoms with Crippen molar-refractivity contribution in [3.8, 4) is 11.5 Å². The summed E-state index contributed by atoms with van der Waals surface area (Å²) in [5.41, 5.74) is 2.13. The van der Waals surface area contributed by atoms with Crippen LogP contribution in [0.25, 0.3) is 0 Å². The average Bonchev–Trinajstić information content (AvgIpc) is 2.86. The first kappa shape index (κ1) is 16.4. The van der Waals surface area contributed by atoms with Gasteiger partial charge >= 0.3 is 0 Å². The lowest BCUT2D eigenvalue weighted by molar-refractivity contribution is 0.296. The summed E-state index contributed by atoms with van der Waals surface area (Å²) in [6, 6.07) is 12.3. The van der Waals surface area contributed by atoms with E-state index in [1.54, 1.807) is 28.6 Å². The van der Waals surface area contributed by atoms with Gasteiger partial charge in [-0.05, 0) is 48.7 Å². The third-order valence-corrected chi connectivity index (χ3v) is 6.83. The lowest BCUT2D eigenvalue weighted by Gasteiger charge is -2.34. The van der Waals surface area contributed by atoms with Crippen LogP contribution in [0.2, 0.25) is 0 Å². The smallest absolute Gasteiger partial charge is 0.243 e. The van der Waals surface area contributed by atoms with Crippen molar-refractivity contribution in [1.29, 1.82) is 0 Å². The van der Waals surface area contributed by atoms with Crippen molar-refractivity contribution in [3.05, 3.63) is 53.6 Å². The normalized spacial score (nSPS) is 20.6. The summed E-state index contributed by atoms with van der Waals surface area (Å²) < 4.78 is 39.2. The monoisotopic (exact) mass is 359 g/mol. The van der Waals surface area contributed by atoms with E-state index in [0.717, 1.165) is 23.3 Å². The minimum Gasteiger partial charge on any atom is -0.490 e. The van der Waals surface area contributed by atoms with E-state index >= 15 is 0 Å². The summed E-state index contributed by atoms with van der Waals surface area (Å²) in [6.07, 6.45) is 1.52. The third kappa shape index (κ3) is 2.89. The molecule has 5 nitrogen and oxygen atoms in total. The number of sulfonamides is 1. The van der Waals surface area contributed by atoms with Crippen LogP contribution in [0.15, 0.2) is 47.4 Å². The van der Waals surface area contributed by atoms with Crippen molar-refractivity contribution in [1.82, 2.24) is 4.31 Å². The zero-order valence-electron chi connectivity index (χ0n) is 14.1. The lowest BCUT2D eigenvalue weighted by atomic mass is 9.94. The van der Waals surface area contributed by atoms with Crippen molar-refractivity contribution in [2.24, 2.45) is 0 Å². The molecule has 0 bridgehead atoms. The van der Waals surface area contributed by atoms with Gasteiger partial charge in [0.05, 0.1) is 18.1 Å². The number of fused-ring (bicyclic) bond motifs is 2. The Morgan fingerprint density at radius 2 is 1.72 bits per heavy atom. The molecule has 2 heterocycles. The fourth-order valence-corrected chi connectivity index (χ4v) is 5.14. The second kappa shape index (κ2) is 6.35. The van der Waals surface area contributed by atoms with Crippen molar-refractivity contribution in [2.75, 3.05) is 19.8 Å². The number of benzene rings is 2. The molecule has 0 saturated heterocycles. The maximum absolute atomic E-state index is 13.0. The first-order valence-corrected chi connectivity index (χ1v) is 10.0. The SMILES string of the molecule is CC1c2cc3c(cc2CCN1S(=O)(=O)c1ccccc1)OCCCO3. The van der Waals surface area contributed by atoms with Crippen LogP contribution in [0.3, 0.4) is 0 Å². The van der Waals surface area contributed by atoms with Crippen molar-refractivity contribution < 1.29 is 17.9 Å². The highest BCUT2D eigenvalue weighted by Crippen LogP contribution is 2.40. The molecule has 0 radical (unpaired) electrons. The van der Waals surface area contributed by atoms with Crippen LogP contribution >= 0.6 is 0 Å². The highest BCUT2D eigenvalue weighted by molar-refractivity contribution is 7.89. The lowest BCUT2D eigenvalue weighted by Crippen LogP contribution is -2.38. The molecule has 1 atom stereocenters. The summed E-state index contributed by atoms with van der Waals surface area (Å²) in [5.74, 6) is 1.48. The van der Waals surface area contributed by atoms with Crippen LogP contribution in [-0.2, 0) is 16.4 Å². The van der Waals surface area contributed by atoms with Gasteiger partial charge in [0, 0.05) is 19.0 Å². The molecular formula is C19H21NO4S. The molecule has 0 fully saturated rings. The van der Waals surface area contributed by atoms with Gasteiger partial charge in [-0.15, -0.1) is 0 Å². The Hall–Kier alpha value is -2.05.